The Balaban J connectivity index is 2.00. The maximum absolute atomic E-state index is 11.9. The van der Waals surface area contributed by atoms with Gasteiger partial charge in [-0.1, -0.05) is 24.4 Å². The first-order valence-electron chi connectivity index (χ1n) is 6.32. The van der Waals surface area contributed by atoms with Gasteiger partial charge in [0.25, 0.3) is 0 Å². The Hall–Kier alpha value is -0.540. The molecule has 1 aliphatic carbocycles. The monoisotopic (exact) mass is 329 g/mol. The Bertz CT molecular complexity index is 455. The summed E-state index contributed by atoms with van der Waals surface area (Å²) in [5.41, 5.74) is 1.76. The lowest BCUT2D eigenvalue weighted by molar-refractivity contribution is -0.117. The maximum atomic E-state index is 11.9. The number of amides is 1. The van der Waals surface area contributed by atoms with Crippen LogP contribution in [-0.2, 0) is 4.79 Å². The van der Waals surface area contributed by atoms with Crippen LogP contribution in [0.15, 0.2) is 16.6 Å². The first-order chi connectivity index (χ1) is 8.56. The number of nitrogens with one attached hydrogen (secondary N) is 1. The van der Waals surface area contributed by atoms with Gasteiger partial charge < -0.3 is 5.32 Å². The van der Waals surface area contributed by atoms with Gasteiger partial charge >= 0.3 is 0 Å². The molecule has 2 rings (SSSR count). The number of carbonyl (C=O) groups excluding carboxylic acids is 1. The highest BCUT2D eigenvalue weighted by Gasteiger charge is 2.19. The quantitative estimate of drug-likeness (QED) is 0.836. The number of halogens is 2. The molecule has 1 amide bonds. The summed E-state index contributed by atoms with van der Waals surface area (Å²) in [6.45, 7) is 1.94. The van der Waals surface area contributed by atoms with Crippen LogP contribution in [-0.4, -0.2) is 5.91 Å². The van der Waals surface area contributed by atoms with Crippen molar-refractivity contribution in [1.29, 1.82) is 0 Å². The summed E-state index contributed by atoms with van der Waals surface area (Å²) < 4.78 is 0.879. The largest absolute Gasteiger partial charge is 0.325 e. The van der Waals surface area contributed by atoms with E-state index in [0.717, 1.165) is 15.7 Å². The van der Waals surface area contributed by atoms with Crippen LogP contribution in [0.25, 0.3) is 0 Å². The molecule has 4 heteroatoms. The third kappa shape index (κ3) is 3.48. The van der Waals surface area contributed by atoms with Gasteiger partial charge in [0.05, 0.1) is 5.69 Å². The van der Waals surface area contributed by atoms with Crippen LogP contribution < -0.4 is 5.32 Å². The van der Waals surface area contributed by atoms with Crippen molar-refractivity contribution in [3.8, 4) is 0 Å². The van der Waals surface area contributed by atoms with Crippen molar-refractivity contribution in [1.82, 2.24) is 0 Å². The van der Waals surface area contributed by atoms with Crippen molar-refractivity contribution < 1.29 is 4.79 Å². The van der Waals surface area contributed by atoms with E-state index in [1.807, 2.05) is 13.0 Å². The zero-order chi connectivity index (χ0) is 13.1. The number of carbonyl (C=O) groups is 1. The fraction of sp³-hybridized carbons (Fsp3) is 0.500. The van der Waals surface area contributed by atoms with E-state index in [0.29, 0.717) is 17.4 Å². The molecule has 18 heavy (non-hydrogen) atoms. The molecule has 1 aromatic rings. The smallest absolute Gasteiger partial charge is 0.224 e. The molecule has 1 aliphatic rings. The Morgan fingerprint density at radius 3 is 2.78 bits per heavy atom. The van der Waals surface area contributed by atoms with Crippen molar-refractivity contribution in [2.24, 2.45) is 5.92 Å². The molecule has 1 saturated carbocycles. The number of benzene rings is 1. The van der Waals surface area contributed by atoms with Crippen molar-refractivity contribution in [2.75, 3.05) is 5.32 Å². The third-order valence-corrected chi connectivity index (χ3v) is 4.53. The summed E-state index contributed by atoms with van der Waals surface area (Å²) in [6, 6.07) is 3.72. The Morgan fingerprint density at radius 2 is 2.11 bits per heavy atom. The number of hydrogen-bond donors (Lipinski definition) is 1. The first-order valence-corrected chi connectivity index (χ1v) is 7.49. The van der Waals surface area contributed by atoms with Crippen LogP contribution in [0.4, 0.5) is 5.69 Å². The highest BCUT2D eigenvalue weighted by Crippen LogP contribution is 2.31. The van der Waals surface area contributed by atoms with E-state index in [4.69, 9.17) is 11.6 Å². The molecule has 1 N–H and O–H groups in total. The summed E-state index contributed by atoms with van der Waals surface area (Å²) >= 11 is 9.52. The number of aryl methyl sites for hydroxylation is 1. The van der Waals surface area contributed by atoms with E-state index < -0.39 is 0 Å². The predicted octanol–water partition coefficient (Wildman–Crippen LogP) is 4.93. The Kier molecular flexibility index (Phi) is 4.68. The van der Waals surface area contributed by atoms with E-state index in [2.05, 4.69) is 21.2 Å². The minimum atomic E-state index is 0.0857. The third-order valence-electron chi connectivity index (χ3n) is 3.47. The van der Waals surface area contributed by atoms with Gasteiger partial charge in [-0.2, -0.15) is 0 Å². The van der Waals surface area contributed by atoms with Crippen molar-refractivity contribution in [3.63, 3.8) is 0 Å². The molecule has 1 aromatic carbocycles. The second-order valence-corrected chi connectivity index (χ2v) is 6.25. The second kappa shape index (κ2) is 6.07. The molecular formula is C14H17BrClNO. The fourth-order valence-electron chi connectivity index (χ4n) is 2.42. The van der Waals surface area contributed by atoms with Gasteiger partial charge in [-0.3, -0.25) is 4.79 Å². The van der Waals surface area contributed by atoms with Crippen molar-refractivity contribution in [3.05, 3.63) is 27.2 Å². The fourth-order valence-corrected chi connectivity index (χ4v) is 3.14. The Labute approximate surface area is 121 Å². The number of rotatable bonds is 3. The molecule has 0 radical (unpaired) electrons. The highest BCUT2D eigenvalue weighted by atomic mass is 79.9. The van der Waals surface area contributed by atoms with Gasteiger partial charge in [-0.05, 0) is 59.3 Å². The zero-order valence-corrected chi connectivity index (χ0v) is 12.8. The molecule has 0 saturated heterocycles. The zero-order valence-electron chi connectivity index (χ0n) is 10.4. The van der Waals surface area contributed by atoms with E-state index in [-0.39, 0.29) is 5.91 Å². The van der Waals surface area contributed by atoms with Crippen LogP contribution in [0, 0.1) is 12.8 Å². The molecule has 1 fully saturated rings. The van der Waals surface area contributed by atoms with Crippen LogP contribution in [0.5, 0.6) is 0 Å². The van der Waals surface area contributed by atoms with Crippen LogP contribution in [0.3, 0.4) is 0 Å². The number of hydrogen-bond acceptors (Lipinski definition) is 1. The van der Waals surface area contributed by atoms with E-state index in [1.54, 1.807) is 6.07 Å². The van der Waals surface area contributed by atoms with Crippen LogP contribution in [0.2, 0.25) is 5.02 Å². The van der Waals surface area contributed by atoms with Crippen molar-refractivity contribution in [2.45, 2.75) is 39.0 Å². The lowest BCUT2D eigenvalue weighted by Crippen LogP contribution is -2.15. The highest BCUT2D eigenvalue weighted by molar-refractivity contribution is 9.10. The average molecular weight is 331 g/mol. The lowest BCUT2D eigenvalue weighted by Gasteiger charge is -2.12. The minimum Gasteiger partial charge on any atom is -0.325 e. The van der Waals surface area contributed by atoms with Crippen LogP contribution in [0.1, 0.15) is 37.7 Å². The standard InChI is InChI=1S/C14H17BrClNO/c1-9-6-11(15)13(8-12(9)16)17-14(18)7-10-4-2-3-5-10/h6,8,10H,2-5,7H2,1H3,(H,17,18). The molecule has 0 aromatic heterocycles. The summed E-state index contributed by atoms with van der Waals surface area (Å²) in [7, 11) is 0. The van der Waals surface area contributed by atoms with Gasteiger partial charge in [0, 0.05) is 15.9 Å². The van der Waals surface area contributed by atoms with Gasteiger partial charge in [0.2, 0.25) is 5.91 Å². The topological polar surface area (TPSA) is 29.1 Å². The first kappa shape index (κ1) is 13.9. The van der Waals surface area contributed by atoms with Gasteiger partial charge in [-0.25, -0.2) is 0 Å². The molecule has 0 atom stereocenters. The normalized spacial score (nSPS) is 15.9. The summed E-state index contributed by atoms with van der Waals surface area (Å²) in [4.78, 5) is 11.9. The van der Waals surface area contributed by atoms with E-state index in [1.165, 1.54) is 25.7 Å². The molecule has 0 bridgehead atoms. The van der Waals surface area contributed by atoms with Crippen LogP contribution >= 0.6 is 27.5 Å². The summed E-state index contributed by atoms with van der Waals surface area (Å²) in [5, 5.41) is 3.61. The predicted molar refractivity (Wildman–Crippen MR) is 79.1 cm³/mol. The lowest BCUT2D eigenvalue weighted by atomic mass is 10.0. The summed E-state index contributed by atoms with van der Waals surface area (Å²) in [5.74, 6) is 0.646. The molecule has 98 valence electrons. The maximum Gasteiger partial charge on any atom is 0.224 e. The second-order valence-electron chi connectivity index (χ2n) is 4.98. The molecule has 0 unspecified atom stereocenters. The SMILES string of the molecule is Cc1cc(Br)c(NC(=O)CC2CCCC2)cc1Cl. The van der Waals surface area contributed by atoms with Gasteiger partial charge in [-0.15, -0.1) is 0 Å². The minimum absolute atomic E-state index is 0.0857. The molecule has 0 aliphatic heterocycles. The van der Waals surface area contributed by atoms with Gasteiger partial charge in [0.1, 0.15) is 0 Å². The van der Waals surface area contributed by atoms with Gasteiger partial charge in [0.15, 0.2) is 0 Å². The molecule has 2 nitrogen and oxygen atoms in total. The Morgan fingerprint density at radius 1 is 1.44 bits per heavy atom. The molecular weight excluding hydrogens is 314 g/mol. The average Bonchev–Trinajstić information content (AvgIpc) is 2.78. The van der Waals surface area contributed by atoms with Crippen molar-refractivity contribution >= 4 is 39.1 Å². The number of anilines is 1. The van der Waals surface area contributed by atoms with E-state index >= 15 is 0 Å². The van der Waals surface area contributed by atoms with E-state index in [9.17, 15) is 4.79 Å². The summed E-state index contributed by atoms with van der Waals surface area (Å²) in [6.07, 6.45) is 5.51. The molecule has 0 heterocycles. The molecule has 0 spiro atoms.